The number of aromatic hydroxyl groups is 1. The molecule has 6 heteroatoms. The van der Waals surface area contributed by atoms with Gasteiger partial charge in [-0.2, -0.15) is 5.10 Å². The van der Waals surface area contributed by atoms with Crippen LogP contribution in [0.3, 0.4) is 0 Å². The van der Waals surface area contributed by atoms with E-state index in [-0.39, 0.29) is 5.75 Å². The maximum Gasteiger partial charge on any atom is 0.200 e. The molecule has 0 bridgehead atoms. The molecule has 3 N–H and O–H groups in total. The third-order valence-corrected chi connectivity index (χ3v) is 4.07. The van der Waals surface area contributed by atoms with Gasteiger partial charge in [0, 0.05) is 12.7 Å². The van der Waals surface area contributed by atoms with Crippen molar-refractivity contribution < 1.29 is 5.11 Å². The molecule has 3 aromatic rings. The van der Waals surface area contributed by atoms with E-state index in [1.165, 1.54) is 0 Å². The van der Waals surface area contributed by atoms with E-state index in [2.05, 4.69) is 22.4 Å². The first-order valence-electron chi connectivity index (χ1n) is 7.42. The largest absolute Gasteiger partial charge is 0.507 e. The minimum Gasteiger partial charge on any atom is -0.507 e. The maximum atomic E-state index is 10.2. The van der Waals surface area contributed by atoms with Gasteiger partial charge in [-0.3, -0.25) is 9.67 Å². The molecule has 0 atom stereocenters. The summed E-state index contributed by atoms with van der Waals surface area (Å²) in [5, 5.41) is 20.4. The summed E-state index contributed by atoms with van der Waals surface area (Å²) >= 11 is 5.37. The summed E-state index contributed by atoms with van der Waals surface area (Å²) in [6, 6.07) is 13.4. The van der Waals surface area contributed by atoms with Crippen LogP contribution in [0.5, 0.6) is 5.75 Å². The van der Waals surface area contributed by atoms with Gasteiger partial charge in [-0.15, -0.1) is 0 Å². The Morgan fingerprint density at radius 1 is 1.22 bits per heavy atom. The highest BCUT2D eigenvalue weighted by Crippen LogP contribution is 2.30. The molecule has 0 aliphatic heterocycles. The summed E-state index contributed by atoms with van der Waals surface area (Å²) in [6.07, 6.45) is 0.884. The third-order valence-electron chi connectivity index (χ3n) is 3.80. The van der Waals surface area contributed by atoms with Gasteiger partial charge in [0.2, 0.25) is 0 Å². The van der Waals surface area contributed by atoms with Gasteiger partial charge in [0.1, 0.15) is 5.75 Å². The van der Waals surface area contributed by atoms with Crippen LogP contribution in [0.2, 0.25) is 0 Å². The molecular weight excluding hydrogens is 308 g/mol. The van der Waals surface area contributed by atoms with Crippen LogP contribution >= 0.6 is 12.2 Å². The lowest BCUT2D eigenvalue weighted by molar-refractivity contribution is 0.476. The highest BCUT2D eigenvalue weighted by Gasteiger charge is 2.14. The van der Waals surface area contributed by atoms with Gasteiger partial charge in [0.15, 0.2) is 10.6 Å². The van der Waals surface area contributed by atoms with Crippen LogP contribution in [0.1, 0.15) is 12.5 Å². The Morgan fingerprint density at radius 2 is 1.96 bits per heavy atom. The number of nitrogens with zero attached hydrogens (tertiary/aromatic N) is 2. The summed E-state index contributed by atoms with van der Waals surface area (Å²) in [7, 11) is 1.87. The molecule has 0 aliphatic carbocycles. The van der Waals surface area contributed by atoms with Crippen LogP contribution in [0, 0.1) is 4.77 Å². The lowest BCUT2D eigenvalue weighted by Crippen LogP contribution is -1.99. The molecule has 2 aromatic carbocycles. The van der Waals surface area contributed by atoms with E-state index in [0.717, 1.165) is 23.4 Å². The minimum absolute atomic E-state index is 0.185. The SMILES string of the molecule is CCc1ccc(O)c(-c2n[nH]c(=S)n2-c2ccc(NC)cc2)c1. The molecule has 3 rings (SSSR count). The molecule has 0 fully saturated rings. The van der Waals surface area contributed by atoms with Crippen molar-refractivity contribution in [3.05, 3.63) is 52.8 Å². The number of aromatic amines is 1. The molecule has 0 aliphatic rings. The molecule has 0 spiro atoms. The summed E-state index contributed by atoms with van der Waals surface area (Å²) in [5.74, 6) is 0.782. The van der Waals surface area contributed by atoms with Crippen LogP contribution in [0.15, 0.2) is 42.5 Å². The minimum atomic E-state index is 0.185. The van der Waals surface area contributed by atoms with Gasteiger partial charge < -0.3 is 10.4 Å². The zero-order valence-electron chi connectivity index (χ0n) is 13.0. The van der Waals surface area contributed by atoms with Crippen molar-refractivity contribution in [1.82, 2.24) is 14.8 Å². The van der Waals surface area contributed by atoms with Crippen molar-refractivity contribution in [2.24, 2.45) is 0 Å². The van der Waals surface area contributed by atoms with Gasteiger partial charge >= 0.3 is 0 Å². The van der Waals surface area contributed by atoms with Crippen LogP contribution in [-0.4, -0.2) is 26.9 Å². The maximum absolute atomic E-state index is 10.2. The number of nitrogens with one attached hydrogen (secondary N) is 2. The molecule has 0 unspecified atom stereocenters. The molecule has 0 saturated heterocycles. The number of aryl methyl sites for hydroxylation is 1. The molecule has 23 heavy (non-hydrogen) atoms. The van der Waals surface area contributed by atoms with Crippen LogP contribution in [0.4, 0.5) is 5.69 Å². The highest BCUT2D eigenvalue weighted by molar-refractivity contribution is 7.71. The normalized spacial score (nSPS) is 10.7. The molecule has 1 heterocycles. The van der Waals surface area contributed by atoms with Gasteiger partial charge in [-0.05, 0) is 60.6 Å². The lowest BCUT2D eigenvalue weighted by Gasteiger charge is -2.10. The molecule has 0 amide bonds. The zero-order chi connectivity index (χ0) is 16.4. The standard InChI is InChI=1S/C17H18N4OS/c1-3-11-4-9-15(22)14(10-11)16-19-20-17(23)21(16)13-7-5-12(18-2)6-8-13/h4-10,18,22H,3H2,1-2H3,(H,20,23). The predicted molar refractivity (Wildman–Crippen MR) is 94.8 cm³/mol. The van der Waals surface area contributed by atoms with Crippen molar-refractivity contribution in [1.29, 1.82) is 0 Å². The number of H-pyrrole nitrogens is 1. The fourth-order valence-electron chi connectivity index (χ4n) is 2.48. The Bertz CT molecular complexity index is 880. The number of hydrogen-bond acceptors (Lipinski definition) is 4. The van der Waals surface area contributed by atoms with Crippen LogP contribution in [-0.2, 0) is 6.42 Å². The average molecular weight is 326 g/mol. The topological polar surface area (TPSA) is 65.9 Å². The number of rotatable bonds is 4. The second-order valence-electron chi connectivity index (χ2n) is 5.19. The number of phenols is 1. The summed E-state index contributed by atoms with van der Waals surface area (Å²) in [6.45, 7) is 2.07. The van der Waals surface area contributed by atoms with Crippen molar-refractivity contribution in [3.63, 3.8) is 0 Å². The van der Waals surface area contributed by atoms with Crippen molar-refractivity contribution in [2.45, 2.75) is 13.3 Å². The van der Waals surface area contributed by atoms with Crippen molar-refractivity contribution in [3.8, 4) is 22.8 Å². The molecular formula is C17H18N4OS. The van der Waals surface area contributed by atoms with E-state index < -0.39 is 0 Å². The average Bonchev–Trinajstić information content (AvgIpc) is 2.97. The summed E-state index contributed by atoms with van der Waals surface area (Å²) in [5.41, 5.74) is 3.69. The van der Waals surface area contributed by atoms with Gasteiger partial charge in [0.25, 0.3) is 0 Å². The van der Waals surface area contributed by atoms with Crippen LogP contribution < -0.4 is 5.32 Å². The third kappa shape index (κ3) is 2.85. The monoisotopic (exact) mass is 326 g/mol. The Morgan fingerprint density at radius 3 is 2.61 bits per heavy atom. The zero-order valence-corrected chi connectivity index (χ0v) is 13.8. The first-order valence-corrected chi connectivity index (χ1v) is 7.82. The van der Waals surface area contributed by atoms with E-state index in [1.807, 2.05) is 48.0 Å². The van der Waals surface area contributed by atoms with E-state index in [4.69, 9.17) is 12.2 Å². The Labute approximate surface area is 139 Å². The number of hydrogen-bond donors (Lipinski definition) is 3. The molecule has 1 aromatic heterocycles. The lowest BCUT2D eigenvalue weighted by atomic mass is 10.1. The van der Waals surface area contributed by atoms with Gasteiger partial charge in [-0.1, -0.05) is 13.0 Å². The molecule has 0 radical (unpaired) electrons. The number of phenolic OH excluding ortho intramolecular Hbond substituents is 1. The van der Waals surface area contributed by atoms with Crippen molar-refractivity contribution in [2.75, 3.05) is 12.4 Å². The summed E-state index contributed by atoms with van der Waals surface area (Å²) in [4.78, 5) is 0. The second kappa shape index (κ2) is 6.26. The van der Waals surface area contributed by atoms with Crippen LogP contribution in [0.25, 0.3) is 17.1 Å². The Balaban J connectivity index is 2.17. The fourth-order valence-corrected chi connectivity index (χ4v) is 2.71. The van der Waals surface area contributed by atoms with E-state index in [9.17, 15) is 5.11 Å². The fraction of sp³-hybridized carbons (Fsp3) is 0.176. The van der Waals surface area contributed by atoms with E-state index in [1.54, 1.807) is 6.07 Å². The van der Waals surface area contributed by atoms with Crippen molar-refractivity contribution >= 4 is 17.9 Å². The first kappa shape index (κ1) is 15.3. The van der Waals surface area contributed by atoms with E-state index >= 15 is 0 Å². The first-order chi connectivity index (χ1) is 11.1. The Kier molecular flexibility index (Phi) is 4.16. The molecule has 118 valence electrons. The highest BCUT2D eigenvalue weighted by atomic mass is 32.1. The van der Waals surface area contributed by atoms with E-state index in [0.29, 0.717) is 16.2 Å². The quantitative estimate of drug-likeness (QED) is 0.636. The molecule has 0 saturated carbocycles. The van der Waals surface area contributed by atoms with Gasteiger partial charge in [-0.25, -0.2) is 0 Å². The second-order valence-corrected chi connectivity index (χ2v) is 5.58. The number of aromatic nitrogens is 3. The number of anilines is 1. The summed E-state index contributed by atoms with van der Waals surface area (Å²) < 4.78 is 2.31. The van der Waals surface area contributed by atoms with Gasteiger partial charge in [0.05, 0.1) is 11.3 Å². The molecule has 5 nitrogen and oxygen atoms in total. The number of benzene rings is 2. The smallest absolute Gasteiger partial charge is 0.200 e. The Hall–Kier alpha value is -2.60. The predicted octanol–water partition coefficient (Wildman–Crippen LogP) is 3.91.